The summed E-state index contributed by atoms with van der Waals surface area (Å²) in [6.07, 6.45) is 3.77. The van der Waals surface area contributed by atoms with E-state index in [-0.39, 0.29) is 11.8 Å². The summed E-state index contributed by atoms with van der Waals surface area (Å²) in [6, 6.07) is 1.91. The van der Waals surface area contributed by atoms with Crippen LogP contribution in [0.5, 0.6) is 0 Å². The van der Waals surface area contributed by atoms with Gasteiger partial charge in [0.1, 0.15) is 11.6 Å². The third-order valence-corrected chi connectivity index (χ3v) is 3.83. The zero-order chi connectivity index (χ0) is 13.8. The molecule has 19 heavy (non-hydrogen) atoms. The van der Waals surface area contributed by atoms with Crippen molar-refractivity contribution < 1.29 is 4.79 Å². The minimum absolute atomic E-state index is 0.0838. The molecule has 1 aromatic heterocycles. The van der Waals surface area contributed by atoms with Crippen molar-refractivity contribution in [1.29, 1.82) is 0 Å². The Morgan fingerprint density at radius 2 is 2.37 bits per heavy atom. The number of aromatic nitrogens is 2. The molecule has 1 aromatic rings. The molecule has 0 aliphatic carbocycles. The lowest BCUT2D eigenvalue weighted by atomic mass is 9.97. The van der Waals surface area contributed by atoms with Crippen LogP contribution in [0.2, 0.25) is 0 Å². The maximum Gasteiger partial charge on any atom is 0.222 e. The maximum atomic E-state index is 11.3. The summed E-state index contributed by atoms with van der Waals surface area (Å²) in [5.41, 5.74) is 5.40. The SMILES string of the molecule is CNc1cc(N2CCCC(C(N)=O)C2)nc(SC)n1. The van der Waals surface area contributed by atoms with E-state index in [4.69, 9.17) is 5.73 Å². The van der Waals surface area contributed by atoms with Crippen molar-refractivity contribution in [3.05, 3.63) is 6.07 Å². The molecular weight excluding hydrogens is 262 g/mol. The molecule has 0 radical (unpaired) electrons. The summed E-state index contributed by atoms with van der Waals surface area (Å²) in [5, 5.41) is 3.76. The minimum Gasteiger partial charge on any atom is -0.373 e. The summed E-state index contributed by atoms with van der Waals surface area (Å²) < 4.78 is 0. The number of primary amides is 1. The highest BCUT2D eigenvalue weighted by Crippen LogP contribution is 2.25. The van der Waals surface area contributed by atoms with Gasteiger partial charge < -0.3 is 16.0 Å². The number of rotatable bonds is 4. The third-order valence-electron chi connectivity index (χ3n) is 3.28. The van der Waals surface area contributed by atoms with E-state index in [1.807, 2.05) is 19.4 Å². The quantitative estimate of drug-likeness (QED) is 0.631. The predicted octanol–water partition coefficient (Wildman–Crippen LogP) is 0.942. The van der Waals surface area contributed by atoms with Crippen LogP contribution in [0, 0.1) is 5.92 Å². The fourth-order valence-corrected chi connectivity index (χ4v) is 2.59. The van der Waals surface area contributed by atoms with Crippen molar-refractivity contribution in [3.63, 3.8) is 0 Å². The van der Waals surface area contributed by atoms with Crippen molar-refractivity contribution in [2.45, 2.75) is 18.0 Å². The van der Waals surface area contributed by atoms with Crippen LogP contribution in [0.15, 0.2) is 11.2 Å². The van der Waals surface area contributed by atoms with Gasteiger partial charge in [-0.25, -0.2) is 9.97 Å². The second-order valence-electron chi connectivity index (χ2n) is 4.54. The number of carbonyl (C=O) groups is 1. The number of hydrogen-bond donors (Lipinski definition) is 2. The van der Waals surface area contributed by atoms with Gasteiger partial charge in [-0.2, -0.15) is 0 Å². The molecule has 1 amide bonds. The van der Waals surface area contributed by atoms with Gasteiger partial charge in [0.25, 0.3) is 0 Å². The van der Waals surface area contributed by atoms with Crippen LogP contribution >= 0.6 is 11.8 Å². The first-order valence-corrected chi connectivity index (χ1v) is 7.51. The molecule has 2 heterocycles. The first kappa shape index (κ1) is 13.9. The Kier molecular flexibility index (Phi) is 4.47. The van der Waals surface area contributed by atoms with Crippen LogP contribution < -0.4 is 16.0 Å². The van der Waals surface area contributed by atoms with E-state index in [1.165, 1.54) is 11.8 Å². The Balaban J connectivity index is 2.22. The van der Waals surface area contributed by atoms with Gasteiger partial charge in [-0.1, -0.05) is 11.8 Å². The van der Waals surface area contributed by atoms with E-state index < -0.39 is 0 Å². The molecule has 1 aliphatic rings. The zero-order valence-corrected chi connectivity index (χ0v) is 12.0. The largest absolute Gasteiger partial charge is 0.373 e. The van der Waals surface area contributed by atoms with E-state index >= 15 is 0 Å². The molecule has 1 saturated heterocycles. The van der Waals surface area contributed by atoms with E-state index in [1.54, 1.807) is 0 Å². The molecule has 1 unspecified atom stereocenters. The van der Waals surface area contributed by atoms with Gasteiger partial charge in [-0.15, -0.1) is 0 Å². The van der Waals surface area contributed by atoms with Gasteiger partial charge in [0, 0.05) is 26.2 Å². The van der Waals surface area contributed by atoms with E-state index in [0.29, 0.717) is 6.54 Å². The molecule has 6 nitrogen and oxygen atoms in total. The second-order valence-corrected chi connectivity index (χ2v) is 5.31. The van der Waals surface area contributed by atoms with Crippen LogP contribution in [0.25, 0.3) is 0 Å². The normalized spacial score (nSPS) is 19.3. The highest BCUT2D eigenvalue weighted by molar-refractivity contribution is 7.98. The highest BCUT2D eigenvalue weighted by atomic mass is 32.2. The van der Waals surface area contributed by atoms with Crippen LogP contribution in [-0.2, 0) is 4.79 Å². The molecule has 0 aromatic carbocycles. The lowest BCUT2D eigenvalue weighted by Crippen LogP contribution is -2.41. The monoisotopic (exact) mass is 281 g/mol. The van der Waals surface area contributed by atoms with Crippen LogP contribution in [0.3, 0.4) is 0 Å². The Labute approximate surface area is 117 Å². The Morgan fingerprint density at radius 1 is 1.58 bits per heavy atom. The molecule has 104 valence electrons. The Morgan fingerprint density at radius 3 is 3.00 bits per heavy atom. The van der Waals surface area contributed by atoms with Gasteiger partial charge in [0.15, 0.2) is 5.16 Å². The molecule has 1 aliphatic heterocycles. The first-order valence-electron chi connectivity index (χ1n) is 6.29. The smallest absolute Gasteiger partial charge is 0.222 e. The molecular formula is C12H19N5OS. The van der Waals surface area contributed by atoms with Crippen molar-refractivity contribution in [2.24, 2.45) is 11.7 Å². The standard InChI is InChI=1S/C12H19N5OS/c1-14-9-6-10(16-12(15-9)19-2)17-5-3-4-8(7-17)11(13)18/h6,8H,3-5,7H2,1-2H3,(H2,13,18)(H,14,15,16). The molecule has 1 fully saturated rings. The lowest BCUT2D eigenvalue weighted by molar-refractivity contribution is -0.122. The minimum atomic E-state index is -0.224. The zero-order valence-electron chi connectivity index (χ0n) is 11.2. The first-order chi connectivity index (χ1) is 9.13. The topological polar surface area (TPSA) is 84.1 Å². The van der Waals surface area contributed by atoms with Crippen molar-refractivity contribution in [3.8, 4) is 0 Å². The van der Waals surface area contributed by atoms with E-state index in [0.717, 1.165) is 36.2 Å². The molecule has 2 rings (SSSR count). The van der Waals surface area contributed by atoms with Crippen LogP contribution in [0.1, 0.15) is 12.8 Å². The summed E-state index contributed by atoms with van der Waals surface area (Å²) in [5.74, 6) is 1.34. The number of piperidine rings is 1. The molecule has 0 spiro atoms. The average Bonchev–Trinajstić information content (AvgIpc) is 2.46. The molecule has 1 atom stereocenters. The Bertz CT molecular complexity index is 445. The third kappa shape index (κ3) is 3.28. The summed E-state index contributed by atoms with van der Waals surface area (Å²) in [7, 11) is 1.83. The van der Waals surface area contributed by atoms with Crippen LogP contribution in [-0.4, -0.2) is 42.3 Å². The number of nitrogens with one attached hydrogen (secondary N) is 1. The number of nitrogens with zero attached hydrogens (tertiary/aromatic N) is 3. The van der Waals surface area contributed by atoms with Gasteiger partial charge in [0.05, 0.1) is 5.92 Å². The lowest BCUT2D eigenvalue weighted by Gasteiger charge is -2.32. The highest BCUT2D eigenvalue weighted by Gasteiger charge is 2.25. The number of thioether (sulfide) groups is 1. The average molecular weight is 281 g/mol. The summed E-state index contributed by atoms with van der Waals surface area (Å²) >= 11 is 1.50. The number of nitrogens with two attached hydrogens (primary N) is 1. The van der Waals surface area contributed by atoms with Crippen LogP contribution in [0.4, 0.5) is 11.6 Å². The van der Waals surface area contributed by atoms with Gasteiger partial charge in [-0.3, -0.25) is 4.79 Å². The van der Waals surface area contributed by atoms with E-state index in [2.05, 4.69) is 20.2 Å². The molecule has 0 bridgehead atoms. The fraction of sp³-hybridized carbons (Fsp3) is 0.583. The fourth-order valence-electron chi connectivity index (χ4n) is 2.21. The second kappa shape index (κ2) is 6.10. The van der Waals surface area contributed by atoms with E-state index in [9.17, 15) is 4.79 Å². The predicted molar refractivity (Wildman–Crippen MR) is 77.5 cm³/mol. The number of hydrogen-bond acceptors (Lipinski definition) is 6. The summed E-state index contributed by atoms with van der Waals surface area (Å²) in [4.78, 5) is 22.3. The molecule has 7 heteroatoms. The van der Waals surface area contributed by atoms with Crippen molar-refractivity contribution in [1.82, 2.24) is 9.97 Å². The van der Waals surface area contributed by atoms with Gasteiger partial charge in [-0.05, 0) is 19.1 Å². The van der Waals surface area contributed by atoms with Gasteiger partial charge in [0.2, 0.25) is 5.91 Å². The number of amides is 1. The molecule has 0 saturated carbocycles. The van der Waals surface area contributed by atoms with Gasteiger partial charge >= 0.3 is 0 Å². The number of carbonyl (C=O) groups excluding carboxylic acids is 1. The number of anilines is 2. The maximum absolute atomic E-state index is 11.3. The Hall–Kier alpha value is -1.50. The van der Waals surface area contributed by atoms with Crippen molar-refractivity contribution >= 4 is 29.3 Å². The molecule has 3 N–H and O–H groups in total. The summed E-state index contributed by atoms with van der Waals surface area (Å²) in [6.45, 7) is 1.54. The van der Waals surface area contributed by atoms with Crippen molar-refractivity contribution in [2.75, 3.05) is 36.6 Å².